The van der Waals surface area contributed by atoms with E-state index < -0.39 is 0 Å². The molecule has 5 nitrogen and oxygen atoms in total. The van der Waals surface area contributed by atoms with Gasteiger partial charge in [0, 0.05) is 56.7 Å². The Hall–Kier alpha value is -1.17. The molecule has 1 aliphatic heterocycles. The smallest absolute Gasteiger partial charge is 0.0538 e. The summed E-state index contributed by atoms with van der Waals surface area (Å²) in [6, 6.07) is 0.596. The molecule has 0 aromatic carbocycles. The van der Waals surface area contributed by atoms with Crippen LogP contribution in [0.3, 0.4) is 0 Å². The van der Waals surface area contributed by atoms with Crippen LogP contribution in [0.1, 0.15) is 5.56 Å². The molecule has 100 valence electrons. The predicted octanol–water partition coefficient (Wildman–Crippen LogP) is 0.319. The van der Waals surface area contributed by atoms with Gasteiger partial charge in [0.15, 0.2) is 0 Å². The molecule has 1 aliphatic rings. The highest BCUT2D eigenvalue weighted by molar-refractivity contribution is 5.17. The second-order valence-electron chi connectivity index (χ2n) is 5.04. The van der Waals surface area contributed by atoms with Gasteiger partial charge in [-0.1, -0.05) is 6.58 Å². The van der Waals surface area contributed by atoms with E-state index in [1.807, 2.05) is 12.4 Å². The van der Waals surface area contributed by atoms with Crippen LogP contribution in [0.25, 0.3) is 6.20 Å². The number of nitrogens with one attached hydrogen (secondary N) is 1. The van der Waals surface area contributed by atoms with E-state index >= 15 is 0 Å². The third-order valence-corrected chi connectivity index (χ3v) is 3.53. The third kappa shape index (κ3) is 3.41. The lowest BCUT2D eigenvalue weighted by Gasteiger charge is -2.37. The zero-order chi connectivity index (χ0) is 13.0. The van der Waals surface area contributed by atoms with Crippen LogP contribution >= 0.6 is 0 Å². The van der Waals surface area contributed by atoms with Gasteiger partial charge in [0.1, 0.15) is 0 Å². The van der Waals surface area contributed by atoms with E-state index in [1.54, 1.807) is 10.9 Å². The number of nitrogens with zero attached hydrogens (tertiary/aromatic N) is 4. The molecule has 0 bridgehead atoms. The zero-order valence-corrected chi connectivity index (χ0v) is 11.3. The van der Waals surface area contributed by atoms with Gasteiger partial charge >= 0.3 is 0 Å². The van der Waals surface area contributed by atoms with Gasteiger partial charge in [0.2, 0.25) is 0 Å². The van der Waals surface area contributed by atoms with E-state index in [0.717, 1.165) is 26.2 Å². The minimum absolute atomic E-state index is 0.596. The predicted molar refractivity (Wildman–Crippen MR) is 74.2 cm³/mol. The van der Waals surface area contributed by atoms with Gasteiger partial charge in [0.05, 0.1) is 6.20 Å². The van der Waals surface area contributed by atoms with Gasteiger partial charge in [-0.3, -0.25) is 4.90 Å². The Morgan fingerprint density at radius 2 is 2.33 bits per heavy atom. The molecule has 1 atom stereocenters. The first-order chi connectivity index (χ1) is 8.69. The number of hydrogen-bond donors (Lipinski definition) is 1. The van der Waals surface area contributed by atoms with Crippen molar-refractivity contribution in [3.63, 3.8) is 0 Å². The SMILES string of the molecule is C=Cn1cc(CNCC2CN(C)CCN2C)cn1. The largest absolute Gasteiger partial charge is 0.311 e. The van der Waals surface area contributed by atoms with Gasteiger partial charge in [-0.2, -0.15) is 5.10 Å². The quantitative estimate of drug-likeness (QED) is 0.815. The van der Waals surface area contributed by atoms with Crippen molar-refractivity contribution in [2.24, 2.45) is 0 Å². The molecule has 1 saturated heterocycles. The van der Waals surface area contributed by atoms with E-state index in [2.05, 4.69) is 40.9 Å². The van der Waals surface area contributed by atoms with Crippen molar-refractivity contribution in [2.45, 2.75) is 12.6 Å². The highest BCUT2D eigenvalue weighted by Crippen LogP contribution is 2.05. The number of aromatic nitrogens is 2. The first kappa shape index (κ1) is 13.3. The van der Waals surface area contributed by atoms with Crippen LogP contribution in [0.4, 0.5) is 0 Å². The molecule has 2 rings (SSSR count). The molecule has 1 fully saturated rings. The monoisotopic (exact) mass is 249 g/mol. The molecule has 0 amide bonds. The molecule has 18 heavy (non-hydrogen) atoms. The standard InChI is InChI=1S/C13H23N5/c1-4-18-10-12(8-15-18)7-14-9-13-11-16(2)5-6-17(13)3/h4,8,10,13-14H,1,5-7,9,11H2,2-3H3. The summed E-state index contributed by atoms with van der Waals surface area (Å²) in [6.45, 7) is 9.01. The molecule has 5 heteroatoms. The minimum atomic E-state index is 0.596. The Morgan fingerprint density at radius 3 is 3.06 bits per heavy atom. The van der Waals surface area contributed by atoms with Crippen LogP contribution in [-0.2, 0) is 6.54 Å². The van der Waals surface area contributed by atoms with Crippen molar-refractivity contribution < 1.29 is 0 Å². The summed E-state index contributed by atoms with van der Waals surface area (Å²) < 4.78 is 1.73. The average molecular weight is 249 g/mol. The Kier molecular flexibility index (Phi) is 4.52. The molecule has 0 radical (unpaired) electrons. The molecule has 0 aliphatic carbocycles. The molecule has 1 aromatic rings. The maximum atomic E-state index is 4.17. The van der Waals surface area contributed by atoms with Gasteiger partial charge in [-0.15, -0.1) is 0 Å². The van der Waals surface area contributed by atoms with E-state index in [9.17, 15) is 0 Å². The van der Waals surface area contributed by atoms with Crippen molar-refractivity contribution in [3.8, 4) is 0 Å². The Labute approximate surface area is 109 Å². The van der Waals surface area contributed by atoms with Gasteiger partial charge in [-0.05, 0) is 14.1 Å². The fourth-order valence-electron chi connectivity index (χ4n) is 2.27. The van der Waals surface area contributed by atoms with Crippen LogP contribution in [0.15, 0.2) is 19.0 Å². The third-order valence-electron chi connectivity index (χ3n) is 3.53. The Morgan fingerprint density at radius 1 is 1.50 bits per heavy atom. The molecular formula is C13H23N5. The van der Waals surface area contributed by atoms with E-state index in [-0.39, 0.29) is 0 Å². The zero-order valence-electron chi connectivity index (χ0n) is 11.3. The molecule has 1 unspecified atom stereocenters. The molecule has 0 saturated carbocycles. The van der Waals surface area contributed by atoms with Crippen molar-refractivity contribution in [3.05, 3.63) is 24.5 Å². The van der Waals surface area contributed by atoms with E-state index in [1.165, 1.54) is 12.1 Å². The van der Waals surface area contributed by atoms with Crippen LogP contribution in [0, 0.1) is 0 Å². The summed E-state index contributed by atoms with van der Waals surface area (Å²) in [5, 5.41) is 7.67. The number of hydrogen-bond acceptors (Lipinski definition) is 4. The molecule has 1 aromatic heterocycles. The van der Waals surface area contributed by atoms with Crippen LogP contribution in [0.5, 0.6) is 0 Å². The molecule has 0 spiro atoms. The fourth-order valence-corrected chi connectivity index (χ4v) is 2.27. The molecule has 2 heterocycles. The minimum Gasteiger partial charge on any atom is -0.311 e. The van der Waals surface area contributed by atoms with Gasteiger partial charge in [-0.25, -0.2) is 4.68 Å². The van der Waals surface area contributed by atoms with Crippen molar-refractivity contribution in [2.75, 3.05) is 40.3 Å². The van der Waals surface area contributed by atoms with Gasteiger partial charge in [0.25, 0.3) is 0 Å². The van der Waals surface area contributed by atoms with E-state index in [4.69, 9.17) is 0 Å². The van der Waals surface area contributed by atoms with E-state index in [0.29, 0.717) is 6.04 Å². The first-order valence-electron chi connectivity index (χ1n) is 6.44. The number of piperazine rings is 1. The summed E-state index contributed by atoms with van der Waals surface area (Å²) in [5.74, 6) is 0. The topological polar surface area (TPSA) is 36.3 Å². The van der Waals surface area contributed by atoms with Gasteiger partial charge < -0.3 is 10.2 Å². The maximum absolute atomic E-state index is 4.17. The van der Waals surface area contributed by atoms with Crippen LogP contribution in [-0.4, -0.2) is 65.9 Å². The first-order valence-corrected chi connectivity index (χ1v) is 6.44. The number of likely N-dealkylation sites (N-methyl/N-ethyl adjacent to an activating group) is 2. The van der Waals surface area contributed by atoms with Crippen LogP contribution in [0.2, 0.25) is 0 Å². The molecular weight excluding hydrogens is 226 g/mol. The van der Waals surface area contributed by atoms with Crippen LogP contribution < -0.4 is 5.32 Å². The second kappa shape index (κ2) is 6.13. The number of rotatable bonds is 5. The van der Waals surface area contributed by atoms with Crippen molar-refractivity contribution >= 4 is 6.20 Å². The Bertz CT molecular complexity index is 386. The summed E-state index contributed by atoms with van der Waals surface area (Å²) in [4.78, 5) is 4.82. The lowest BCUT2D eigenvalue weighted by atomic mass is 10.2. The van der Waals surface area contributed by atoms with Crippen molar-refractivity contribution in [1.82, 2.24) is 24.9 Å². The lowest BCUT2D eigenvalue weighted by Crippen LogP contribution is -2.53. The fraction of sp³-hybridized carbons (Fsp3) is 0.615. The summed E-state index contributed by atoms with van der Waals surface area (Å²) in [5.41, 5.74) is 1.20. The summed E-state index contributed by atoms with van der Waals surface area (Å²) in [7, 11) is 4.39. The Balaban J connectivity index is 1.75. The van der Waals surface area contributed by atoms with Crippen molar-refractivity contribution in [1.29, 1.82) is 0 Å². The maximum Gasteiger partial charge on any atom is 0.0538 e. The lowest BCUT2D eigenvalue weighted by molar-refractivity contribution is 0.113. The summed E-state index contributed by atoms with van der Waals surface area (Å²) >= 11 is 0. The molecule has 1 N–H and O–H groups in total. The second-order valence-corrected chi connectivity index (χ2v) is 5.04. The highest BCUT2D eigenvalue weighted by Gasteiger charge is 2.21. The average Bonchev–Trinajstić information content (AvgIpc) is 2.81. The normalized spacial score (nSPS) is 22.2. The summed E-state index contributed by atoms with van der Waals surface area (Å²) in [6.07, 6.45) is 5.58. The highest BCUT2D eigenvalue weighted by atomic mass is 15.3.